The third-order valence-corrected chi connectivity index (χ3v) is 2.69. The van der Waals surface area contributed by atoms with Gasteiger partial charge in [-0.1, -0.05) is 35.5 Å². The first kappa shape index (κ1) is 12.7. The summed E-state index contributed by atoms with van der Waals surface area (Å²) in [6.45, 7) is 0.888. The molecule has 0 aliphatic rings. The average Bonchev–Trinajstić information content (AvgIpc) is 2.85. The fraction of sp³-hybridized carbons (Fsp3) is 0.385. The van der Waals surface area contributed by atoms with Crippen molar-refractivity contribution in [2.45, 2.75) is 12.5 Å². The summed E-state index contributed by atoms with van der Waals surface area (Å²) in [5.41, 5.74) is 7.05. The van der Waals surface area contributed by atoms with E-state index in [4.69, 9.17) is 10.3 Å². The second-order valence-electron chi connectivity index (χ2n) is 4.49. The number of hydrogen-bond acceptors (Lipinski definition) is 5. The maximum atomic E-state index is 6.08. The molecule has 1 aromatic heterocycles. The summed E-state index contributed by atoms with van der Waals surface area (Å²) in [6.07, 6.45) is 0.762. The molecular formula is C13H18N4O. The molecule has 0 spiro atoms. The fourth-order valence-electron chi connectivity index (χ4n) is 1.62. The van der Waals surface area contributed by atoms with Crippen LogP contribution in [0.3, 0.4) is 0 Å². The van der Waals surface area contributed by atoms with Crippen LogP contribution in [0.1, 0.15) is 23.3 Å². The Kier molecular flexibility index (Phi) is 4.07. The first-order valence-electron chi connectivity index (χ1n) is 5.94. The smallest absolute Gasteiger partial charge is 0.248 e. The molecule has 0 aliphatic carbocycles. The van der Waals surface area contributed by atoms with E-state index in [1.165, 1.54) is 0 Å². The number of likely N-dealkylation sites (N-methyl/N-ethyl adjacent to an activating group) is 1. The van der Waals surface area contributed by atoms with Crippen LogP contribution in [0.25, 0.3) is 0 Å². The van der Waals surface area contributed by atoms with E-state index < -0.39 is 0 Å². The normalized spacial score (nSPS) is 12.9. The average molecular weight is 246 g/mol. The molecule has 0 aliphatic heterocycles. The minimum absolute atomic E-state index is 0.355. The van der Waals surface area contributed by atoms with Gasteiger partial charge in [-0.3, -0.25) is 0 Å². The summed E-state index contributed by atoms with van der Waals surface area (Å²) in [5.74, 6) is 1.17. The number of hydrogen-bond donors (Lipinski definition) is 1. The molecule has 5 nitrogen and oxygen atoms in total. The summed E-state index contributed by atoms with van der Waals surface area (Å²) < 4.78 is 5.21. The standard InChI is InChI=1S/C13H18N4O/c1-17(2)9-8-11-15-13(18-16-11)12(14)10-6-4-3-5-7-10/h3-7,12H,8-9,14H2,1-2H3/t12-/m1/s1. The largest absolute Gasteiger partial charge is 0.337 e. The number of nitrogens with two attached hydrogens (primary N) is 1. The molecule has 1 heterocycles. The lowest BCUT2D eigenvalue weighted by Crippen LogP contribution is -2.16. The number of benzene rings is 1. The molecule has 1 aromatic carbocycles. The van der Waals surface area contributed by atoms with Crippen molar-refractivity contribution in [1.82, 2.24) is 15.0 Å². The molecule has 2 rings (SSSR count). The van der Waals surface area contributed by atoms with Gasteiger partial charge in [-0.25, -0.2) is 0 Å². The molecule has 5 heteroatoms. The molecule has 0 unspecified atom stereocenters. The summed E-state index contributed by atoms with van der Waals surface area (Å²) in [5, 5.41) is 3.94. The van der Waals surface area contributed by atoms with E-state index in [0.29, 0.717) is 11.7 Å². The quantitative estimate of drug-likeness (QED) is 0.859. The maximum absolute atomic E-state index is 6.08. The molecule has 96 valence electrons. The van der Waals surface area contributed by atoms with Gasteiger partial charge < -0.3 is 15.2 Å². The predicted octanol–water partition coefficient (Wildman–Crippen LogP) is 1.22. The zero-order valence-electron chi connectivity index (χ0n) is 10.7. The van der Waals surface area contributed by atoms with Crippen LogP contribution in [0.15, 0.2) is 34.9 Å². The van der Waals surface area contributed by atoms with Crippen LogP contribution in [0, 0.1) is 0 Å². The molecule has 18 heavy (non-hydrogen) atoms. The van der Waals surface area contributed by atoms with Gasteiger partial charge in [-0.15, -0.1) is 0 Å². The molecule has 2 aromatic rings. The molecule has 0 saturated carbocycles. The van der Waals surface area contributed by atoms with Gasteiger partial charge >= 0.3 is 0 Å². The van der Waals surface area contributed by atoms with E-state index in [1.54, 1.807) is 0 Å². The highest BCUT2D eigenvalue weighted by atomic mass is 16.5. The summed E-state index contributed by atoms with van der Waals surface area (Å²) in [4.78, 5) is 6.41. The highest BCUT2D eigenvalue weighted by Gasteiger charge is 2.16. The molecular weight excluding hydrogens is 228 g/mol. The van der Waals surface area contributed by atoms with Crippen LogP contribution in [-0.2, 0) is 6.42 Å². The molecule has 2 N–H and O–H groups in total. The SMILES string of the molecule is CN(C)CCc1noc([C@H](N)c2ccccc2)n1. The van der Waals surface area contributed by atoms with Gasteiger partial charge in [0, 0.05) is 13.0 Å². The second-order valence-corrected chi connectivity index (χ2v) is 4.49. The Bertz CT molecular complexity index is 481. The van der Waals surface area contributed by atoms with Gasteiger partial charge in [0.2, 0.25) is 5.89 Å². The van der Waals surface area contributed by atoms with Gasteiger partial charge in [0.25, 0.3) is 0 Å². The first-order chi connectivity index (χ1) is 8.66. The number of rotatable bonds is 5. The number of nitrogens with zero attached hydrogens (tertiary/aromatic N) is 3. The van der Waals surface area contributed by atoms with Crippen molar-refractivity contribution in [3.05, 3.63) is 47.6 Å². The molecule has 0 amide bonds. The van der Waals surface area contributed by atoms with Crippen molar-refractivity contribution in [2.75, 3.05) is 20.6 Å². The number of aromatic nitrogens is 2. The van der Waals surface area contributed by atoms with Crippen LogP contribution in [0.4, 0.5) is 0 Å². The van der Waals surface area contributed by atoms with Gasteiger partial charge in [-0.2, -0.15) is 4.98 Å². The van der Waals surface area contributed by atoms with Crippen LogP contribution in [-0.4, -0.2) is 35.7 Å². The topological polar surface area (TPSA) is 68.2 Å². The van der Waals surface area contributed by atoms with E-state index >= 15 is 0 Å². The van der Waals surface area contributed by atoms with E-state index in [1.807, 2.05) is 44.4 Å². The van der Waals surface area contributed by atoms with E-state index in [2.05, 4.69) is 15.0 Å². The summed E-state index contributed by atoms with van der Waals surface area (Å²) in [6, 6.07) is 9.39. The monoisotopic (exact) mass is 246 g/mol. The highest BCUT2D eigenvalue weighted by Crippen LogP contribution is 2.17. The fourth-order valence-corrected chi connectivity index (χ4v) is 1.62. The third-order valence-electron chi connectivity index (χ3n) is 2.69. The Hall–Kier alpha value is -1.72. The Labute approximate surface area is 107 Å². The molecule has 0 radical (unpaired) electrons. The summed E-state index contributed by atoms with van der Waals surface area (Å²) in [7, 11) is 4.02. The predicted molar refractivity (Wildman–Crippen MR) is 69.0 cm³/mol. The Morgan fingerprint density at radius 2 is 2.00 bits per heavy atom. The van der Waals surface area contributed by atoms with Gasteiger partial charge in [-0.05, 0) is 19.7 Å². The van der Waals surface area contributed by atoms with Crippen molar-refractivity contribution in [1.29, 1.82) is 0 Å². The minimum Gasteiger partial charge on any atom is -0.337 e. The van der Waals surface area contributed by atoms with Crippen molar-refractivity contribution in [2.24, 2.45) is 5.73 Å². The van der Waals surface area contributed by atoms with E-state index in [-0.39, 0.29) is 6.04 Å². The van der Waals surface area contributed by atoms with Crippen molar-refractivity contribution in [3.8, 4) is 0 Å². The van der Waals surface area contributed by atoms with Crippen LogP contribution in [0.5, 0.6) is 0 Å². The Morgan fingerprint density at radius 3 is 2.67 bits per heavy atom. The minimum atomic E-state index is -0.355. The lowest BCUT2D eigenvalue weighted by molar-refractivity contribution is 0.357. The van der Waals surface area contributed by atoms with Gasteiger partial charge in [0.05, 0.1) is 0 Å². The highest BCUT2D eigenvalue weighted by molar-refractivity contribution is 5.22. The Balaban J connectivity index is 2.06. The molecule has 0 bridgehead atoms. The molecule has 0 fully saturated rings. The Morgan fingerprint density at radius 1 is 1.28 bits per heavy atom. The maximum Gasteiger partial charge on any atom is 0.248 e. The molecule has 0 saturated heterocycles. The van der Waals surface area contributed by atoms with Crippen molar-refractivity contribution >= 4 is 0 Å². The van der Waals surface area contributed by atoms with Gasteiger partial charge in [0.1, 0.15) is 6.04 Å². The van der Waals surface area contributed by atoms with Crippen LogP contribution in [0.2, 0.25) is 0 Å². The van der Waals surface area contributed by atoms with E-state index in [9.17, 15) is 0 Å². The second kappa shape index (κ2) is 5.75. The zero-order valence-corrected chi connectivity index (χ0v) is 10.7. The van der Waals surface area contributed by atoms with Crippen molar-refractivity contribution < 1.29 is 4.52 Å². The first-order valence-corrected chi connectivity index (χ1v) is 5.94. The molecule has 1 atom stereocenters. The van der Waals surface area contributed by atoms with Crippen molar-refractivity contribution in [3.63, 3.8) is 0 Å². The zero-order chi connectivity index (χ0) is 13.0. The lowest BCUT2D eigenvalue weighted by Gasteiger charge is -2.06. The lowest BCUT2D eigenvalue weighted by atomic mass is 10.1. The third kappa shape index (κ3) is 3.15. The summed E-state index contributed by atoms with van der Waals surface area (Å²) >= 11 is 0. The van der Waals surface area contributed by atoms with Crippen LogP contribution < -0.4 is 5.73 Å². The van der Waals surface area contributed by atoms with E-state index in [0.717, 1.165) is 18.5 Å². The van der Waals surface area contributed by atoms with Crippen LogP contribution >= 0.6 is 0 Å². The van der Waals surface area contributed by atoms with Gasteiger partial charge in [0.15, 0.2) is 5.82 Å².